The van der Waals surface area contributed by atoms with Gasteiger partial charge in [0.2, 0.25) is 5.91 Å². The normalized spacial score (nSPS) is 33.1. The third-order valence-corrected chi connectivity index (χ3v) is 2.06. The van der Waals surface area contributed by atoms with Crippen molar-refractivity contribution in [2.24, 2.45) is 5.92 Å². The van der Waals surface area contributed by atoms with Crippen molar-refractivity contribution in [2.75, 3.05) is 6.54 Å². The van der Waals surface area contributed by atoms with E-state index in [-0.39, 0.29) is 12.3 Å². The van der Waals surface area contributed by atoms with E-state index in [1.54, 1.807) is 0 Å². The number of alkyl halides is 2. The molecular weight excluding hydrogens is 152 g/mol. The maximum Gasteiger partial charge on any atom is 0.255 e. The maximum atomic E-state index is 12.4. The molecule has 0 aromatic carbocycles. The van der Waals surface area contributed by atoms with Crippen LogP contribution >= 0.6 is 0 Å². The lowest BCUT2D eigenvalue weighted by molar-refractivity contribution is -0.115. The number of halogens is 2. The summed E-state index contributed by atoms with van der Waals surface area (Å²) in [7, 11) is 0. The van der Waals surface area contributed by atoms with Crippen LogP contribution in [-0.2, 0) is 4.79 Å². The Kier molecular flexibility index (Phi) is 1.11. The molecule has 1 heterocycles. The molecule has 0 aromatic rings. The summed E-state index contributed by atoms with van der Waals surface area (Å²) < 4.78 is 24.8. The Hall–Kier alpha value is -0.930. The minimum absolute atomic E-state index is 0.0895. The maximum absolute atomic E-state index is 12.4. The highest BCUT2D eigenvalue weighted by Crippen LogP contribution is 2.52. The van der Waals surface area contributed by atoms with Gasteiger partial charge in [-0.3, -0.25) is 4.79 Å². The highest BCUT2D eigenvalue weighted by molar-refractivity contribution is 5.91. The van der Waals surface area contributed by atoms with Gasteiger partial charge in [-0.1, -0.05) is 0 Å². The summed E-state index contributed by atoms with van der Waals surface area (Å²) >= 11 is 0. The number of hydrogen-bond donors (Lipinski definition) is 1. The second kappa shape index (κ2) is 1.81. The molecule has 0 saturated heterocycles. The standard InChI is InChI=1S/C7H7F2NO/c8-7(9)2-5(7)4-1-6(11)10-3-4/h1,5H,2-3H2,(H,10,11)/t5-/m1/s1. The van der Waals surface area contributed by atoms with Gasteiger partial charge in [0, 0.05) is 19.0 Å². The van der Waals surface area contributed by atoms with Crippen LogP contribution in [0, 0.1) is 5.92 Å². The van der Waals surface area contributed by atoms with E-state index in [1.165, 1.54) is 6.08 Å². The minimum atomic E-state index is -2.54. The van der Waals surface area contributed by atoms with Crippen LogP contribution in [0.4, 0.5) is 8.78 Å². The molecule has 60 valence electrons. The van der Waals surface area contributed by atoms with Gasteiger partial charge < -0.3 is 5.32 Å². The molecule has 1 N–H and O–H groups in total. The SMILES string of the molecule is O=C1C=C([C@H]2CC2(F)F)CN1. The van der Waals surface area contributed by atoms with E-state index in [1.807, 2.05) is 0 Å². The van der Waals surface area contributed by atoms with Gasteiger partial charge in [-0.15, -0.1) is 0 Å². The van der Waals surface area contributed by atoms with Crippen LogP contribution in [0.3, 0.4) is 0 Å². The van der Waals surface area contributed by atoms with E-state index >= 15 is 0 Å². The zero-order valence-electron chi connectivity index (χ0n) is 5.73. The average molecular weight is 159 g/mol. The highest BCUT2D eigenvalue weighted by atomic mass is 19.3. The van der Waals surface area contributed by atoms with Crippen LogP contribution in [0.5, 0.6) is 0 Å². The number of carbonyl (C=O) groups is 1. The van der Waals surface area contributed by atoms with E-state index in [9.17, 15) is 13.6 Å². The Balaban J connectivity index is 2.09. The average Bonchev–Trinajstić information content (AvgIpc) is 2.39. The first kappa shape index (κ1) is 6.76. The first-order chi connectivity index (χ1) is 5.09. The van der Waals surface area contributed by atoms with Crippen molar-refractivity contribution in [3.63, 3.8) is 0 Å². The summed E-state index contributed by atoms with van der Waals surface area (Å²) in [5, 5.41) is 2.46. The number of hydrogen-bond acceptors (Lipinski definition) is 1. The van der Waals surface area contributed by atoms with Crippen LogP contribution in [0.2, 0.25) is 0 Å². The van der Waals surface area contributed by atoms with Gasteiger partial charge >= 0.3 is 0 Å². The molecule has 1 amide bonds. The predicted molar refractivity (Wildman–Crippen MR) is 34.1 cm³/mol. The van der Waals surface area contributed by atoms with Crippen molar-refractivity contribution in [3.8, 4) is 0 Å². The quantitative estimate of drug-likeness (QED) is 0.599. The fourth-order valence-corrected chi connectivity index (χ4v) is 1.30. The second-order valence-corrected chi connectivity index (χ2v) is 2.95. The number of rotatable bonds is 1. The lowest BCUT2D eigenvalue weighted by Crippen LogP contribution is -2.15. The molecule has 11 heavy (non-hydrogen) atoms. The van der Waals surface area contributed by atoms with Crippen molar-refractivity contribution < 1.29 is 13.6 Å². The van der Waals surface area contributed by atoms with Crippen molar-refractivity contribution in [3.05, 3.63) is 11.6 Å². The molecule has 4 heteroatoms. The Morgan fingerprint density at radius 3 is 2.64 bits per heavy atom. The molecule has 1 fully saturated rings. The van der Waals surface area contributed by atoms with E-state index in [4.69, 9.17) is 0 Å². The number of amides is 1. The number of nitrogens with one attached hydrogen (secondary N) is 1. The molecule has 0 radical (unpaired) electrons. The summed E-state index contributed by atoms with van der Waals surface area (Å²) in [5.41, 5.74) is 0.556. The van der Waals surface area contributed by atoms with Gasteiger partial charge in [0.05, 0.1) is 5.92 Å². The van der Waals surface area contributed by atoms with Crippen molar-refractivity contribution in [1.82, 2.24) is 5.32 Å². The Bertz CT molecular complexity index is 247. The molecule has 1 atom stereocenters. The predicted octanol–water partition coefficient (Wildman–Crippen LogP) is 0.698. The third kappa shape index (κ3) is 1.02. The van der Waals surface area contributed by atoms with Crippen molar-refractivity contribution >= 4 is 5.91 Å². The fraction of sp³-hybridized carbons (Fsp3) is 0.571. The van der Waals surface area contributed by atoms with E-state index in [0.29, 0.717) is 12.1 Å². The summed E-state index contributed by atoms with van der Waals surface area (Å²) in [6, 6.07) is 0. The van der Waals surface area contributed by atoms with Crippen LogP contribution in [0.15, 0.2) is 11.6 Å². The van der Waals surface area contributed by atoms with Gasteiger partial charge in [-0.05, 0) is 5.57 Å². The Morgan fingerprint density at radius 2 is 2.27 bits per heavy atom. The minimum Gasteiger partial charge on any atom is -0.349 e. The number of carbonyl (C=O) groups excluding carboxylic acids is 1. The van der Waals surface area contributed by atoms with Gasteiger partial charge in [0.1, 0.15) is 0 Å². The largest absolute Gasteiger partial charge is 0.349 e. The van der Waals surface area contributed by atoms with E-state index < -0.39 is 11.8 Å². The molecule has 1 aliphatic carbocycles. The van der Waals surface area contributed by atoms with Gasteiger partial charge in [0.25, 0.3) is 5.92 Å². The Labute approximate surface area is 62.3 Å². The third-order valence-electron chi connectivity index (χ3n) is 2.06. The van der Waals surface area contributed by atoms with Crippen LogP contribution in [0.25, 0.3) is 0 Å². The topological polar surface area (TPSA) is 29.1 Å². The van der Waals surface area contributed by atoms with Gasteiger partial charge in [0.15, 0.2) is 0 Å². The molecule has 1 aliphatic heterocycles. The molecule has 2 aliphatic rings. The smallest absolute Gasteiger partial charge is 0.255 e. The summed E-state index contributed by atoms with van der Waals surface area (Å²) in [4.78, 5) is 10.6. The molecule has 0 bridgehead atoms. The summed E-state index contributed by atoms with van der Waals surface area (Å²) in [6.45, 7) is 0.305. The van der Waals surface area contributed by atoms with Gasteiger partial charge in [-0.2, -0.15) is 0 Å². The van der Waals surface area contributed by atoms with Gasteiger partial charge in [-0.25, -0.2) is 8.78 Å². The molecular formula is C7H7F2NO. The molecule has 0 unspecified atom stereocenters. The molecule has 1 saturated carbocycles. The van der Waals surface area contributed by atoms with E-state index in [0.717, 1.165) is 0 Å². The fourth-order valence-electron chi connectivity index (χ4n) is 1.30. The lowest BCUT2D eigenvalue weighted by Gasteiger charge is -1.96. The first-order valence-corrected chi connectivity index (χ1v) is 3.46. The van der Waals surface area contributed by atoms with Crippen molar-refractivity contribution in [1.29, 1.82) is 0 Å². The molecule has 0 spiro atoms. The lowest BCUT2D eigenvalue weighted by atomic mass is 10.2. The summed E-state index contributed by atoms with van der Waals surface area (Å²) in [6.07, 6.45) is 1.19. The van der Waals surface area contributed by atoms with Crippen LogP contribution in [-0.4, -0.2) is 18.4 Å². The second-order valence-electron chi connectivity index (χ2n) is 2.95. The molecule has 0 aromatic heterocycles. The first-order valence-electron chi connectivity index (χ1n) is 3.46. The highest BCUT2D eigenvalue weighted by Gasteiger charge is 2.58. The van der Waals surface area contributed by atoms with Crippen LogP contribution < -0.4 is 5.32 Å². The Morgan fingerprint density at radius 1 is 1.64 bits per heavy atom. The zero-order valence-corrected chi connectivity index (χ0v) is 5.73. The zero-order chi connectivity index (χ0) is 8.06. The monoisotopic (exact) mass is 159 g/mol. The summed E-state index contributed by atoms with van der Waals surface area (Å²) in [5.74, 6) is -3.46. The van der Waals surface area contributed by atoms with Crippen LogP contribution in [0.1, 0.15) is 6.42 Å². The molecule has 2 rings (SSSR count). The van der Waals surface area contributed by atoms with Crippen molar-refractivity contribution in [2.45, 2.75) is 12.3 Å². The molecule has 2 nitrogen and oxygen atoms in total. The van der Waals surface area contributed by atoms with E-state index in [2.05, 4.69) is 5.32 Å².